The quantitative estimate of drug-likeness (QED) is 0.579. The second-order valence-corrected chi connectivity index (χ2v) is 5.90. The Kier molecular flexibility index (Phi) is 4.39. The number of aromatic nitrogens is 5. The topological polar surface area (TPSA) is 92.3 Å². The summed E-state index contributed by atoms with van der Waals surface area (Å²) in [5.41, 5.74) is 2.98. The highest BCUT2D eigenvalue weighted by Crippen LogP contribution is 2.20. The van der Waals surface area contributed by atoms with Crippen molar-refractivity contribution < 1.29 is 0 Å². The average Bonchev–Trinajstić information content (AvgIpc) is 3.10. The molecule has 1 N–H and O–H groups in total. The van der Waals surface area contributed by atoms with E-state index in [9.17, 15) is 0 Å². The van der Waals surface area contributed by atoms with Crippen molar-refractivity contribution in [2.75, 3.05) is 11.9 Å². The molecule has 0 fully saturated rings. The van der Waals surface area contributed by atoms with E-state index in [-0.39, 0.29) is 0 Å². The Hall–Kier alpha value is -3.53. The van der Waals surface area contributed by atoms with Gasteiger partial charge in [-0.1, -0.05) is 24.3 Å². The summed E-state index contributed by atoms with van der Waals surface area (Å²) in [6.07, 6.45) is 6.33. The molecule has 0 saturated heterocycles. The molecule has 0 aliphatic rings. The van der Waals surface area contributed by atoms with E-state index >= 15 is 0 Å². The summed E-state index contributed by atoms with van der Waals surface area (Å²) in [6, 6.07) is 12.4. The first-order valence-corrected chi connectivity index (χ1v) is 8.47. The Labute approximate surface area is 150 Å². The van der Waals surface area contributed by atoms with Crippen LogP contribution in [0.2, 0.25) is 0 Å². The molecule has 0 amide bonds. The van der Waals surface area contributed by atoms with E-state index in [1.165, 1.54) is 11.9 Å². The van der Waals surface area contributed by atoms with Gasteiger partial charge in [-0.25, -0.2) is 14.6 Å². The first kappa shape index (κ1) is 16.0. The molecule has 0 unspecified atom stereocenters. The first-order chi connectivity index (χ1) is 12.9. The van der Waals surface area contributed by atoms with Gasteiger partial charge in [-0.3, -0.25) is 4.98 Å². The molecule has 128 valence electrons. The summed E-state index contributed by atoms with van der Waals surface area (Å²) in [4.78, 5) is 13.1. The Morgan fingerprint density at radius 3 is 2.96 bits per heavy atom. The number of hydrogen-bond acceptors (Lipinski definition) is 6. The Morgan fingerprint density at radius 1 is 1.12 bits per heavy atom. The summed E-state index contributed by atoms with van der Waals surface area (Å²) in [6.45, 7) is 1.25. The maximum absolute atomic E-state index is 8.75. The van der Waals surface area contributed by atoms with E-state index in [0.717, 1.165) is 40.7 Å². The summed E-state index contributed by atoms with van der Waals surface area (Å²) in [7, 11) is 0. The van der Waals surface area contributed by atoms with Crippen LogP contribution < -0.4 is 5.32 Å². The molecular formula is C19H17N7. The zero-order valence-corrected chi connectivity index (χ0v) is 14.1. The van der Waals surface area contributed by atoms with Crippen molar-refractivity contribution in [3.05, 3.63) is 54.6 Å². The van der Waals surface area contributed by atoms with E-state index in [1.807, 2.05) is 12.3 Å². The van der Waals surface area contributed by atoms with Crippen LogP contribution in [0.3, 0.4) is 0 Å². The molecule has 0 bridgehead atoms. The molecule has 4 rings (SSSR count). The molecular weight excluding hydrogens is 326 g/mol. The molecule has 3 heterocycles. The number of rotatable bonds is 6. The van der Waals surface area contributed by atoms with Crippen molar-refractivity contribution in [1.82, 2.24) is 24.7 Å². The number of pyridine rings is 1. The van der Waals surface area contributed by atoms with Crippen LogP contribution in [-0.2, 0) is 13.0 Å². The fraction of sp³-hybridized carbons (Fsp3) is 0.211. The molecule has 7 nitrogen and oxygen atoms in total. The van der Waals surface area contributed by atoms with Crippen molar-refractivity contribution in [2.24, 2.45) is 0 Å². The third-order valence-corrected chi connectivity index (χ3v) is 4.27. The van der Waals surface area contributed by atoms with Crippen LogP contribution in [0.1, 0.15) is 12.0 Å². The Balaban J connectivity index is 1.51. The molecule has 26 heavy (non-hydrogen) atoms. The first-order valence-electron chi connectivity index (χ1n) is 8.47. The van der Waals surface area contributed by atoms with Crippen molar-refractivity contribution in [3.63, 3.8) is 0 Å². The third-order valence-electron chi connectivity index (χ3n) is 4.27. The zero-order valence-electron chi connectivity index (χ0n) is 14.1. The number of benzene rings is 1. The van der Waals surface area contributed by atoms with Gasteiger partial charge in [-0.15, -0.1) is 0 Å². The molecule has 0 aliphatic carbocycles. The van der Waals surface area contributed by atoms with Crippen LogP contribution in [0.5, 0.6) is 0 Å². The molecule has 7 heteroatoms. The lowest BCUT2D eigenvalue weighted by molar-refractivity contribution is 0.643. The summed E-state index contributed by atoms with van der Waals surface area (Å²) >= 11 is 0. The second kappa shape index (κ2) is 7.15. The van der Waals surface area contributed by atoms with Crippen molar-refractivity contribution in [3.8, 4) is 6.07 Å². The fourth-order valence-electron chi connectivity index (χ4n) is 3.04. The van der Waals surface area contributed by atoms with E-state index in [1.54, 1.807) is 10.9 Å². The van der Waals surface area contributed by atoms with Crippen molar-refractivity contribution in [1.29, 1.82) is 5.26 Å². The zero-order chi connectivity index (χ0) is 17.8. The van der Waals surface area contributed by atoms with Crippen LogP contribution in [0.25, 0.3) is 21.9 Å². The van der Waals surface area contributed by atoms with Crippen LogP contribution >= 0.6 is 0 Å². The third kappa shape index (κ3) is 3.05. The second-order valence-electron chi connectivity index (χ2n) is 5.90. The summed E-state index contributed by atoms with van der Waals surface area (Å²) in [5, 5.41) is 18.4. The van der Waals surface area contributed by atoms with Gasteiger partial charge in [-0.05, 0) is 18.1 Å². The smallest absolute Gasteiger partial charge is 0.163 e. The molecule has 0 radical (unpaired) electrons. The number of para-hydroxylation sites is 1. The lowest BCUT2D eigenvalue weighted by Gasteiger charge is -2.08. The van der Waals surface area contributed by atoms with Crippen LogP contribution in [0, 0.1) is 11.3 Å². The van der Waals surface area contributed by atoms with E-state index in [4.69, 9.17) is 5.26 Å². The molecule has 3 aromatic heterocycles. The van der Waals surface area contributed by atoms with Crippen molar-refractivity contribution in [2.45, 2.75) is 19.4 Å². The van der Waals surface area contributed by atoms with Gasteiger partial charge in [0, 0.05) is 18.1 Å². The van der Waals surface area contributed by atoms with Crippen LogP contribution in [0.15, 0.2) is 49.1 Å². The lowest BCUT2D eigenvalue weighted by Crippen LogP contribution is -2.08. The van der Waals surface area contributed by atoms with Gasteiger partial charge < -0.3 is 5.32 Å². The van der Waals surface area contributed by atoms with Crippen molar-refractivity contribution >= 4 is 27.8 Å². The number of aryl methyl sites for hydroxylation is 1. The maximum atomic E-state index is 8.75. The monoisotopic (exact) mass is 343 g/mol. The number of nitrogens with one attached hydrogen (secondary N) is 1. The highest BCUT2D eigenvalue weighted by molar-refractivity contribution is 5.86. The predicted molar refractivity (Wildman–Crippen MR) is 99.5 cm³/mol. The minimum Gasteiger partial charge on any atom is -0.369 e. The van der Waals surface area contributed by atoms with Gasteiger partial charge in [0.25, 0.3) is 0 Å². The number of hydrogen-bond donors (Lipinski definition) is 1. The Morgan fingerprint density at radius 2 is 2.04 bits per heavy atom. The number of nitrogens with zero attached hydrogens (tertiary/aromatic N) is 6. The standard InChI is InChI=1S/C19H17N7/c20-8-3-11-26-19-16(12-25-26)18(23-13-24-19)22-10-7-15-5-1-4-14-6-2-9-21-17(14)15/h1-2,4-6,9,12-13H,3,7,10-11H2,(H,22,23,24). The highest BCUT2D eigenvalue weighted by Gasteiger charge is 2.09. The fourth-order valence-corrected chi connectivity index (χ4v) is 3.04. The van der Waals surface area contributed by atoms with Gasteiger partial charge in [0.05, 0.1) is 36.1 Å². The molecule has 0 aliphatic heterocycles. The maximum Gasteiger partial charge on any atom is 0.163 e. The number of fused-ring (bicyclic) bond motifs is 2. The van der Waals surface area contributed by atoms with Gasteiger partial charge in [0.1, 0.15) is 12.1 Å². The lowest BCUT2D eigenvalue weighted by atomic mass is 10.1. The van der Waals surface area contributed by atoms with Gasteiger partial charge >= 0.3 is 0 Å². The van der Waals surface area contributed by atoms with Gasteiger partial charge in [0.2, 0.25) is 0 Å². The molecule has 0 saturated carbocycles. The SMILES string of the molecule is N#CCCn1ncc2c(NCCc3cccc4cccnc34)ncnc21. The minimum absolute atomic E-state index is 0.400. The van der Waals surface area contributed by atoms with Gasteiger partial charge in [0.15, 0.2) is 5.65 Å². The molecule has 0 spiro atoms. The van der Waals surface area contributed by atoms with E-state index < -0.39 is 0 Å². The summed E-state index contributed by atoms with van der Waals surface area (Å²) < 4.78 is 1.74. The largest absolute Gasteiger partial charge is 0.369 e. The van der Waals surface area contributed by atoms with Gasteiger partial charge in [-0.2, -0.15) is 10.4 Å². The predicted octanol–water partition coefficient (Wildman–Crippen LogP) is 2.94. The van der Waals surface area contributed by atoms with E-state index in [2.05, 4.69) is 55.7 Å². The van der Waals surface area contributed by atoms with E-state index in [0.29, 0.717) is 13.0 Å². The minimum atomic E-state index is 0.400. The molecule has 0 atom stereocenters. The number of nitriles is 1. The van der Waals surface area contributed by atoms with Crippen LogP contribution in [0.4, 0.5) is 5.82 Å². The normalized spacial score (nSPS) is 10.9. The Bertz CT molecular complexity index is 1090. The summed E-state index contributed by atoms with van der Waals surface area (Å²) in [5.74, 6) is 0.756. The van der Waals surface area contributed by atoms with Crippen LogP contribution in [-0.4, -0.2) is 31.3 Å². The number of anilines is 1. The highest BCUT2D eigenvalue weighted by atomic mass is 15.3. The average molecular weight is 343 g/mol. The molecule has 1 aromatic carbocycles. The molecule has 4 aromatic rings.